The van der Waals surface area contributed by atoms with Crippen LogP contribution in [0.3, 0.4) is 0 Å². The highest BCUT2D eigenvalue weighted by Crippen LogP contribution is 2.03. The predicted molar refractivity (Wildman–Crippen MR) is 60.6 cm³/mol. The maximum Gasteiger partial charge on any atom is 0.240 e. The first-order chi connectivity index (χ1) is 7.15. The molecular weight excluding hydrogens is 214 g/mol. The highest BCUT2D eigenvalue weighted by Gasteiger charge is 2.24. The van der Waals surface area contributed by atoms with Crippen LogP contribution in [0.4, 0.5) is 0 Å². The van der Waals surface area contributed by atoms with Crippen LogP contribution in [0.5, 0.6) is 0 Å². The van der Waals surface area contributed by atoms with E-state index in [0.29, 0.717) is 19.5 Å². The monoisotopic (exact) mass is 231 g/mol. The Morgan fingerprint density at radius 2 is 2.47 bits per heavy atom. The van der Waals surface area contributed by atoms with Gasteiger partial charge in [-0.25, -0.2) is 0 Å². The number of carbonyl (C=O) groups is 2. The molecule has 3 N–H and O–H groups in total. The molecule has 5 nitrogen and oxygen atoms in total. The van der Waals surface area contributed by atoms with Gasteiger partial charge in [0, 0.05) is 13.1 Å². The molecule has 0 aliphatic carbocycles. The Bertz CT molecular complexity index is 248. The molecule has 1 aliphatic heterocycles. The summed E-state index contributed by atoms with van der Waals surface area (Å²) in [4.78, 5) is 24.4. The zero-order chi connectivity index (χ0) is 11.3. The molecule has 1 rings (SSSR count). The number of nitrogens with zero attached hydrogens (tertiary/aromatic N) is 1. The lowest BCUT2D eigenvalue weighted by atomic mass is 10.2. The van der Waals surface area contributed by atoms with Crippen LogP contribution in [0.2, 0.25) is 0 Å². The minimum Gasteiger partial charge on any atom is -0.353 e. The largest absolute Gasteiger partial charge is 0.353 e. The van der Waals surface area contributed by atoms with Crippen LogP contribution in [-0.4, -0.2) is 54.4 Å². The van der Waals surface area contributed by atoms with E-state index in [1.165, 1.54) is 4.90 Å². The van der Waals surface area contributed by atoms with E-state index in [0.717, 1.165) is 5.75 Å². The molecule has 0 aromatic heterocycles. The van der Waals surface area contributed by atoms with Gasteiger partial charge in [-0.05, 0) is 18.4 Å². The molecule has 1 saturated heterocycles. The van der Waals surface area contributed by atoms with Crippen LogP contribution in [-0.2, 0) is 9.59 Å². The van der Waals surface area contributed by atoms with E-state index in [-0.39, 0.29) is 18.4 Å². The highest BCUT2D eigenvalue weighted by atomic mass is 32.2. The molecule has 1 atom stereocenters. The molecule has 0 bridgehead atoms. The van der Waals surface area contributed by atoms with Crippen molar-refractivity contribution in [1.29, 1.82) is 0 Å². The van der Waals surface area contributed by atoms with Crippen LogP contribution in [0.25, 0.3) is 0 Å². The van der Waals surface area contributed by atoms with Crippen LogP contribution < -0.4 is 11.1 Å². The molecule has 2 amide bonds. The van der Waals surface area contributed by atoms with Crippen molar-refractivity contribution >= 4 is 23.6 Å². The van der Waals surface area contributed by atoms with Crippen molar-refractivity contribution in [3.8, 4) is 0 Å². The number of piperazine rings is 1. The molecule has 0 spiro atoms. The molecule has 86 valence electrons. The number of nitrogens with one attached hydrogen (secondary N) is 1. The summed E-state index contributed by atoms with van der Waals surface area (Å²) in [7, 11) is 0. The molecule has 1 fully saturated rings. The molecule has 6 heteroatoms. The average molecular weight is 231 g/mol. The van der Waals surface area contributed by atoms with Crippen molar-refractivity contribution in [3.05, 3.63) is 0 Å². The number of amides is 2. The second-order valence-corrected chi connectivity index (χ2v) is 4.48. The molecule has 0 radical (unpaired) electrons. The van der Waals surface area contributed by atoms with Gasteiger partial charge in [-0.2, -0.15) is 11.8 Å². The summed E-state index contributed by atoms with van der Waals surface area (Å²) in [6, 6.07) is -0.469. The summed E-state index contributed by atoms with van der Waals surface area (Å²) in [6.45, 7) is 1.24. The molecule has 1 aliphatic rings. The molecule has 0 saturated carbocycles. The van der Waals surface area contributed by atoms with Crippen molar-refractivity contribution in [3.63, 3.8) is 0 Å². The second kappa shape index (κ2) is 5.97. The zero-order valence-electron chi connectivity index (χ0n) is 8.86. The van der Waals surface area contributed by atoms with Gasteiger partial charge in [0.05, 0.1) is 12.6 Å². The lowest BCUT2D eigenvalue weighted by Crippen LogP contribution is -2.54. The fourth-order valence-corrected chi connectivity index (χ4v) is 1.92. The Morgan fingerprint density at radius 1 is 1.73 bits per heavy atom. The van der Waals surface area contributed by atoms with Crippen molar-refractivity contribution in [2.75, 3.05) is 31.6 Å². The smallest absolute Gasteiger partial charge is 0.240 e. The van der Waals surface area contributed by atoms with E-state index in [9.17, 15) is 9.59 Å². The summed E-state index contributed by atoms with van der Waals surface area (Å²) in [5.41, 5.74) is 5.74. The summed E-state index contributed by atoms with van der Waals surface area (Å²) in [5.74, 6) is 0.651. The van der Waals surface area contributed by atoms with E-state index in [4.69, 9.17) is 5.73 Å². The number of nitrogens with two attached hydrogens (primary N) is 1. The summed E-state index contributed by atoms with van der Waals surface area (Å²) in [5, 5.41) is 2.67. The third kappa shape index (κ3) is 3.71. The normalized spacial score (nSPS) is 18.5. The number of hydrogen-bond donors (Lipinski definition) is 2. The quantitative estimate of drug-likeness (QED) is 0.652. The number of hydrogen-bond acceptors (Lipinski definition) is 4. The van der Waals surface area contributed by atoms with Gasteiger partial charge in [0.1, 0.15) is 0 Å². The Labute approximate surface area is 93.7 Å². The molecule has 0 unspecified atom stereocenters. The Morgan fingerprint density at radius 3 is 3.07 bits per heavy atom. The van der Waals surface area contributed by atoms with Gasteiger partial charge in [0.2, 0.25) is 11.8 Å². The SMILES string of the molecule is CSCC[C@H](N)C(=O)N1CCNC(=O)C1. The van der Waals surface area contributed by atoms with E-state index in [2.05, 4.69) is 5.32 Å². The first-order valence-electron chi connectivity index (χ1n) is 4.95. The average Bonchev–Trinajstić information content (AvgIpc) is 2.24. The lowest BCUT2D eigenvalue weighted by molar-refractivity contribution is -0.139. The van der Waals surface area contributed by atoms with Gasteiger partial charge in [-0.3, -0.25) is 9.59 Å². The van der Waals surface area contributed by atoms with Crippen LogP contribution in [0.1, 0.15) is 6.42 Å². The molecule has 1 heterocycles. The van der Waals surface area contributed by atoms with Crippen molar-refractivity contribution in [2.45, 2.75) is 12.5 Å². The Balaban J connectivity index is 2.40. The van der Waals surface area contributed by atoms with Crippen LogP contribution in [0.15, 0.2) is 0 Å². The van der Waals surface area contributed by atoms with E-state index < -0.39 is 6.04 Å². The summed E-state index contributed by atoms with van der Waals surface area (Å²) >= 11 is 1.66. The fourth-order valence-electron chi connectivity index (χ4n) is 1.43. The highest BCUT2D eigenvalue weighted by molar-refractivity contribution is 7.98. The minimum absolute atomic E-state index is 0.105. The van der Waals surface area contributed by atoms with Gasteiger partial charge < -0.3 is 16.0 Å². The van der Waals surface area contributed by atoms with Gasteiger partial charge in [0.25, 0.3) is 0 Å². The van der Waals surface area contributed by atoms with Crippen LogP contribution in [0, 0.1) is 0 Å². The van der Waals surface area contributed by atoms with Crippen molar-refractivity contribution in [1.82, 2.24) is 10.2 Å². The van der Waals surface area contributed by atoms with Crippen LogP contribution >= 0.6 is 11.8 Å². The molecule has 0 aromatic carbocycles. The van der Waals surface area contributed by atoms with Gasteiger partial charge in [-0.15, -0.1) is 0 Å². The van der Waals surface area contributed by atoms with Crippen molar-refractivity contribution < 1.29 is 9.59 Å². The van der Waals surface area contributed by atoms with Gasteiger partial charge >= 0.3 is 0 Å². The Hall–Kier alpha value is -0.750. The second-order valence-electron chi connectivity index (χ2n) is 3.50. The first kappa shape index (κ1) is 12.3. The first-order valence-corrected chi connectivity index (χ1v) is 6.34. The number of carbonyl (C=O) groups excluding carboxylic acids is 2. The Kier molecular flexibility index (Phi) is 4.90. The van der Waals surface area contributed by atoms with E-state index >= 15 is 0 Å². The fraction of sp³-hybridized carbons (Fsp3) is 0.778. The zero-order valence-corrected chi connectivity index (χ0v) is 9.68. The predicted octanol–water partition coefficient (Wildman–Crippen LogP) is -0.975. The molecular formula is C9H17N3O2S. The van der Waals surface area contributed by atoms with E-state index in [1.54, 1.807) is 11.8 Å². The number of thioether (sulfide) groups is 1. The minimum atomic E-state index is -0.469. The number of rotatable bonds is 4. The van der Waals surface area contributed by atoms with Gasteiger partial charge in [-0.1, -0.05) is 0 Å². The topological polar surface area (TPSA) is 75.4 Å². The van der Waals surface area contributed by atoms with E-state index in [1.807, 2.05) is 6.26 Å². The molecule has 0 aromatic rings. The van der Waals surface area contributed by atoms with Crippen molar-refractivity contribution in [2.24, 2.45) is 5.73 Å². The summed E-state index contributed by atoms with van der Waals surface area (Å²) < 4.78 is 0. The maximum absolute atomic E-state index is 11.8. The molecule has 15 heavy (non-hydrogen) atoms. The third-order valence-corrected chi connectivity index (χ3v) is 2.94. The standard InChI is InChI=1S/C9H17N3O2S/c1-15-5-2-7(10)9(14)12-4-3-11-8(13)6-12/h7H,2-6,10H2,1H3,(H,11,13)/t7-/m0/s1. The lowest BCUT2D eigenvalue weighted by Gasteiger charge is -2.28. The van der Waals surface area contributed by atoms with Gasteiger partial charge in [0.15, 0.2) is 0 Å². The summed E-state index contributed by atoms with van der Waals surface area (Å²) in [6.07, 6.45) is 2.64. The maximum atomic E-state index is 11.8. The third-order valence-electron chi connectivity index (χ3n) is 2.30.